The van der Waals surface area contributed by atoms with Gasteiger partial charge in [0.05, 0.1) is 10.8 Å². The maximum atomic E-state index is 12.6. The summed E-state index contributed by atoms with van der Waals surface area (Å²) < 4.78 is 37.7. The molecule has 2 rings (SSSR count). The van der Waals surface area contributed by atoms with E-state index in [1.165, 1.54) is 6.07 Å². The number of aromatic nitrogens is 1. The molecule has 0 saturated carbocycles. The monoisotopic (exact) mass is 392 g/mol. The summed E-state index contributed by atoms with van der Waals surface area (Å²) in [5, 5.41) is 20.2. The first-order valence-corrected chi connectivity index (χ1v) is 8.34. The van der Waals surface area contributed by atoms with E-state index >= 15 is 0 Å². The van der Waals surface area contributed by atoms with Gasteiger partial charge >= 0.3 is 6.18 Å². The Morgan fingerprint density at radius 1 is 1.22 bits per heavy atom. The van der Waals surface area contributed by atoms with E-state index in [-0.39, 0.29) is 22.6 Å². The number of aromatic amines is 1. The summed E-state index contributed by atoms with van der Waals surface area (Å²) in [7, 11) is 0. The van der Waals surface area contributed by atoms with Crippen LogP contribution in [0.25, 0.3) is 0 Å². The molecule has 0 unspecified atom stereocenters. The number of nitrogen functional groups attached to an aromatic ring is 1. The van der Waals surface area contributed by atoms with Gasteiger partial charge in [-0.2, -0.15) is 23.7 Å². The molecule has 1 atom stereocenters. The van der Waals surface area contributed by atoms with Crippen LogP contribution in [0, 0.1) is 22.7 Å². The van der Waals surface area contributed by atoms with Gasteiger partial charge < -0.3 is 5.32 Å². The van der Waals surface area contributed by atoms with Crippen LogP contribution in [0.5, 0.6) is 0 Å². The van der Waals surface area contributed by atoms with Gasteiger partial charge in [0.25, 0.3) is 5.82 Å². The summed E-state index contributed by atoms with van der Waals surface area (Å²) in [6.07, 6.45) is -4.45. The van der Waals surface area contributed by atoms with Crippen molar-refractivity contribution in [3.05, 3.63) is 47.0 Å². The molecule has 6 nitrogen and oxygen atoms in total. The largest absolute Gasteiger partial charge is 0.416 e. The van der Waals surface area contributed by atoms with E-state index in [1.807, 2.05) is 12.1 Å². The third-order valence-corrected chi connectivity index (χ3v) is 4.58. The van der Waals surface area contributed by atoms with E-state index in [1.54, 1.807) is 6.92 Å². The summed E-state index contributed by atoms with van der Waals surface area (Å²) >= 11 is 1.00. The topological polar surface area (TPSA) is 117 Å². The number of nitrogens with zero attached hydrogens (tertiary/aromatic N) is 2. The lowest BCUT2D eigenvalue weighted by atomic mass is 10.2. The van der Waals surface area contributed by atoms with Gasteiger partial charge in [-0.05, 0) is 37.3 Å². The second-order valence-corrected chi connectivity index (χ2v) is 6.74. The fraction of sp³-hybridized carbons (Fsp3) is 0.176. The summed E-state index contributed by atoms with van der Waals surface area (Å²) in [5.74, 6) is -0.408. The Morgan fingerprint density at radius 2 is 1.81 bits per heavy atom. The summed E-state index contributed by atoms with van der Waals surface area (Å²) in [6, 6.07) is 9.13. The quantitative estimate of drug-likeness (QED) is 0.776. The van der Waals surface area contributed by atoms with Crippen LogP contribution in [0.15, 0.2) is 35.4 Å². The minimum Gasteiger partial charge on any atom is -0.325 e. The summed E-state index contributed by atoms with van der Waals surface area (Å²) in [6.45, 7) is 1.56. The third kappa shape index (κ3) is 4.90. The Labute approximate surface area is 156 Å². The number of hydrogen-bond donors (Lipinski definition) is 2. The highest BCUT2D eigenvalue weighted by molar-refractivity contribution is 8.00. The van der Waals surface area contributed by atoms with E-state index in [0.717, 1.165) is 36.0 Å². The lowest BCUT2D eigenvalue weighted by molar-refractivity contribution is -0.410. The Kier molecular flexibility index (Phi) is 5.93. The molecule has 0 aliphatic rings. The number of carbonyl (C=O) groups is 1. The number of benzene rings is 1. The zero-order chi connectivity index (χ0) is 20.2. The van der Waals surface area contributed by atoms with E-state index in [9.17, 15) is 23.2 Å². The molecule has 4 N–H and O–H groups in total. The molecule has 27 heavy (non-hydrogen) atoms. The second kappa shape index (κ2) is 7.98. The predicted octanol–water partition coefficient (Wildman–Crippen LogP) is 2.96. The number of anilines is 2. The highest BCUT2D eigenvalue weighted by Crippen LogP contribution is 2.30. The number of nitrogens with one attached hydrogen (secondary N) is 2. The lowest BCUT2D eigenvalue weighted by Gasteiger charge is -2.12. The van der Waals surface area contributed by atoms with Gasteiger partial charge in [-0.25, -0.2) is 4.98 Å². The number of nitriles is 2. The number of alkyl halides is 3. The van der Waals surface area contributed by atoms with Crippen molar-refractivity contribution in [2.24, 2.45) is 0 Å². The molecule has 0 aliphatic heterocycles. The standard InChI is InChI=1S/C17H12F3N5OS/c1-9(27-16-11(8-22)6-10(7-21)14(23)25-16)15(26)24-13-4-2-12(3-5-13)17(18,19)20/h2-6,9H,1H3,(H2,23,25)(H,24,26)/p+1/t9-/m1/s1. The molecule has 138 valence electrons. The van der Waals surface area contributed by atoms with Crippen molar-refractivity contribution in [1.82, 2.24) is 0 Å². The first-order chi connectivity index (χ1) is 12.7. The van der Waals surface area contributed by atoms with Gasteiger partial charge in [0.1, 0.15) is 23.3 Å². The number of rotatable bonds is 4. The van der Waals surface area contributed by atoms with Crippen LogP contribution >= 0.6 is 11.8 Å². The minimum atomic E-state index is -4.45. The van der Waals surface area contributed by atoms with Crippen molar-refractivity contribution in [2.45, 2.75) is 23.4 Å². The van der Waals surface area contributed by atoms with E-state index in [4.69, 9.17) is 11.0 Å². The van der Waals surface area contributed by atoms with Gasteiger partial charge in [0.2, 0.25) is 5.91 Å². The molecule has 1 aromatic heterocycles. The molecule has 2 aromatic rings. The molecule has 0 saturated heterocycles. The maximum absolute atomic E-state index is 12.6. The Morgan fingerprint density at radius 3 is 2.33 bits per heavy atom. The van der Waals surface area contributed by atoms with Crippen LogP contribution in [0.2, 0.25) is 0 Å². The number of pyridine rings is 1. The van der Waals surface area contributed by atoms with Crippen LogP contribution in [0.1, 0.15) is 23.6 Å². The van der Waals surface area contributed by atoms with Gasteiger partial charge in [-0.1, -0.05) is 11.8 Å². The number of amides is 1. The van der Waals surface area contributed by atoms with E-state index in [0.29, 0.717) is 5.03 Å². The summed E-state index contributed by atoms with van der Waals surface area (Å²) in [4.78, 5) is 15.0. The first-order valence-electron chi connectivity index (χ1n) is 7.46. The lowest BCUT2D eigenvalue weighted by Crippen LogP contribution is -2.25. The molecule has 0 aliphatic carbocycles. The van der Waals surface area contributed by atoms with Crippen molar-refractivity contribution in [3.63, 3.8) is 0 Å². The average molecular weight is 392 g/mol. The fourth-order valence-electron chi connectivity index (χ4n) is 2.03. The second-order valence-electron chi connectivity index (χ2n) is 5.39. The number of thioether (sulfide) groups is 1. The van der Waals surface area contributed by atoms with E-state index < -0.39 is 22.9 Å². The molecule has 0 fully saturated rings. The first kappa shape index (κ1) is 20.1. The van der Waals surface area contributed by atoms with Gasteiger partial charge in [-0.15, -0.1) is 0 Å². The van der Waals surface area contributed by atoms with Crippen LogP contribution in [0.3, 0.4) is 0 Å². The molecule has 1 aromatic carbocycles. The van der Waals surface area contributed by atoms with Gasteiger partial charge in [-0.3, -0.25) is 10.5 Å². The number of H-pyrrole nitrogens is 1. The normalized spacial score (nSPS) is 11.9. The minimum absolute atomic E-state index is 0.0642. The third-order valence-electron chi connectivity index (χ3n) is 3.46. The smallest absolute Gasteiger partial charge is 0.325 e. The van der Waals surface area contributed by atoms with Crippen molar-refractivity contribution in [3.8, 4) is 12.1 Å². The van der Waals surface area contributed by atoms with Crippen LogP contribution in [-0.4, -0.2) is 11.2 Å². The number of halogens is 3. The van der Waals surface area contributed by atoms with Crippen LogP contribution in [0.4, 0.5) is 24.7 Å². The fourth-order valence-corrected chi connectivity index (χ4v) is 2.95. The van der Waals surface area contributed by atoms with Crippen molar-refractivity contribution < 1.29 is 22.9 Å². The Balaban J connectivity index is 2.12. The molecule has 1 heterocycles. The van der Waals surface area contributed by atoms with Crippen molar-refractivity contribution >= 4 is 29.2 Å². The van der Waals surface area contributed by atoms with Gasteiger partial charge in [0.15, 0.2) is 5.03 Å². The van der Waals surface area contributed by atoms with Crippen molar-refractivity contribution in [2.75, 3.05) is 11.1 Å². The molecule has 10 heteroatoms. The molecule has 0 spiro atoms. The number of hydrogen-bond acceptors (Lipinski definition) is 5. The number of nitrogens with two attached hydrogens (primary N) is 1. The molecule has 1 amide bonds. The Hall–Kier alpha value is -3.24. The Bertz CT molecular complexity index is 945. The van der Waals surface area contributed by atoms with Crippen LogP contribution in [-0.2, 0) is 11.0 Å². The zero-order valence-electron chi connectivity index (χ0n) is 13.9. The highest BCUT2D eigenvalue weighted by atomic mass is 32.2. The number of carbonyl (C=O) groups excluding carboxylic acids is 1. The molecule has 0 bridgehead atoms. The van der Waals surface area contributed by atoms with Gasteiger partial charge in [0, 0.05) is 5.69 Å². The average Bonchev–Trinajstić information content (AvgIpc) is 2.61. The summed E-state index contributed by atoms with van der Waals surface area (Å²) in [5.41, 5.74) is 5.35. The SMILES string of the molecule is C[C@@H](Sc1[nH+]c(N)c(C#N)cc1C#N)C(=O)Nc1ccc(C(F)(F)F)cc1. The van der Waals surface area contributed by atoms with Crippen molar-refractivity contribution in [1.29, 1.82) is 10.5 Å². The highest BCUT2D eigenvalue weighted by Gasteiger charge is 2.30. The van der Waals surface area contributed by atoms with Crippen LogP contribution < -0.4 is 16.0 Å². The molecule has 0 radical (unpaired) electrons. The maximum Gasteiger partial charge on any atom is 0.416 e. The molecular weight excluding hydrogens is 379 g/mol. The zero-order valence-corrected chi connectivity index (χ0v) is 14.7. The van der Waals surface area contributed by atoms with E-state index in [2.05, 4.69) is 10.3 Å². The predicted molar refractivity (Wildman–Crippen MR) is 92.2 cm³/mol. The molecular formula is C17H13F3N5OS+.